The van der Waals surface area contributed by atoms with Crippen molar-refractivity contribution >= 4 is 17.3 Å². The molecule has 0 radical (unpaired) electrons. The van der Waals surface area contributed by atoms with Gasteiger partial charge in [-0.05, 0) is 42.0 Å². The Morgan fingerprint density at radius 1 is 1.04 bits per heavy atom. The largest absolute Gasteiger partial charge is 0.497 e. The van der Waals surface area contributed by atoms with Gasteiger partial charge in [-0.1, -0.05) is 12.1 Å². The van der Waals surface area contributed by atoms with Gasteiger partial charge in [-0.25, -0.2) is 4.98 Å². The lowest BCUT2D eigenvalue weighted by molar-refractivity contribution is -0.131. The van der Waals surface area contributed by atoms with Crippen molar-refractivity contribution in [2.75, 3.05) is 7.11 Å². The summed E-state index contributed by atoms with van der Waals surface area (Å²) in [6.07, 6.45) is 0.743. The van der Waals surface area contributed by atoms with Gasteiger partial charge in [0.25, 0.3) is 0 Å². The van der Waals surface area contributed by atoms with Crippen LogP contribution in [0.3, 0.4) is 0 Å². The Balaban J connectivity index is 1.70. The van der Waals surface area contributed by atoms with Crippen LogP contribution in [0.2, 0.25) is 0 Å². The monoisotopic (exact) mass is 339 g/mol. The fraction of sp³-hybridized carbons (Fsp3) is 0.158. The van der Waals surface area contributed by atoms with E-state index in [-0.39, 0.29) is 5.97 Å². The molecule has 0 N–H and O–H groups in total. The van der Waals surface area contributed by atoms with Crippen LogP contribution in [0.15, 0.2) is 53.9 Å². The number of hydrogen-bond donors (Lipinski definition) is 0. The van der Waals surface area contributed by atoms with E-state index in [1.54, 1.807) is 30.6 Å². The molecular weight excluding hydrogens is 322 g/mol. The normalized spacial score (nSPS) is 10.4. The van der Waals surface area contributed by atoms with Crippen molar-refractivity contribution in [3.8, 4) is 22.1 Å². The van der Waals surface area contributed by atoms with Gasteiger partial charge in [0, 0.05) is 24.3 Å². The zero-order valence-corrected chi connectivity index (χ0v) is 14.3. The third kappa shape index (κ3) is 4.00. The van der Waals surface area contributed by atoms with Crippen LogP contribution in [0.4, 0.5) is 0 Å². The summed E-state index contributed by atoms with van der Waals surface area (Å²) in [6.45, 7) is 1.39. The lowest BCUT2D eigenvalue weighted by Gasteiger charge is -2.03. The predicted molar refractivity (Wildman–Crippen MR) is 94.7 cm³/mol. The smallest absolute Gasteiger partial charge is 0.308 e. The van der Waals surface area contributed by atoms with Crippen LogP contribution < -0.4 is 9.47 Å². The highest BCUT2D eigenvalue weighted by Crippen LogP contribution is 2.26. The molecular formula is C19H17NO3S. The Bertz CT molecular complexity index is 823. The van der Waals surface area contributed by atoms with E-state index < -0.39 is 0 Å². The number of aromatic nitrogens is 1. The van der Waals surface area contributed by atoms with E-state index in [0.29, 0.717) is 5.75 Å². The zero-order valence-electron chi connectivity index (χ0n) is 13.5. The van der Waals surface area contributed by atoms with E-state index in [2.05, 4.69) is 5.38 Å². The van der Waals surface area contributed by atoms with Crippen molar-refractivity contribution in [3.05, 3.63) is 65.2 Å². The summed E-state index contributed by atoms with van der Waals surface area (Å²) >= 11 is 1.63. The number of carbonyl (C=O) groups is 1. The molecule has 0 aliphatic carbocycles. The first-order valence-electron chi connectivity index (χ1n) is 7.50. The molecule has 2 aromatic carbocycles. The summed E-state index contributed by atoms with van der Waals surface area (Å²) in [4.78, 5) is 15.6. The molecule has 0 bridgehead atoms. The average molecular weight is 339 g/mol. The molecule has 0 atom stereocenters. The van der Waals surface area contributed by atoms with E-state index in [1.165, 1.54) is 6.92 Å². The molecule has 5 heteroatoms. The quantitative estimate of drug-likeness (QED) is 0.513. The minimum absolute atomic E-state index is 0.314. The molecule has 0 saturated heterocycles. The van der Waals surface area contributed by atoms with Crippen molar-refractivity contribution in [1.82, 2.24) is 4.98 Å². The molecule has 1 heterocycles. The topological polar surface area (TPSA) is 48.4 Å². The summed E-state index contributed by atoms with van der Waals surface area (Å²) in [5.74, 6) is 1.08. The molecule has 0 aliphatic rings. The predicted octanol–water partition coefficient (Wildman–Crippen LogP) is 4.33. The molecule has 0 fully saturated rings. The van der Waals surface area contributed by atoms with E-state index in [0.717, 1.165) is 34.0 Å². The maximum Gasteiger partial charge on any atom is 0.308 e. The highest BCUT2D eigenvalue weighted by Gasteiger charge is 2.06. The molecule has 0 saturated carbocycles. The second-order valence-electron chi connectivity index (χ2n) is 5.29. The number of esters is 1. The Kier molecular flexibility index (Phi) is 4.91. The van der Waals surface area contributed by atoms with E-state index in [9.17, 15) is 4.79 Å². The van der Waals surface area contributed by atoms with Crippen LogP contribution >= 0.6 is 11.3 Å². The van der Waals surface area contributed by atoms with Crippen LogP contribution in [-0.2, 0) is 11.2 Å². The van der Waals surface area contributed by atoms with Crippen LogP contribution in [0.25, 0.3) is 10.6 Å². The van der Waals surface area contributed by atoms with Crippen molar-refractivity contribution in [1.29, 1.82) is 0 Å². The van der Waals surface area contributed by atoms with E-state index in [4.69, 9.17) is 14.5 Å². The number of benzene rings is 2. The second kappa shape index (κ2) is 7.27. The third-order valence-corrected chi connectivity index (χ3v) is 4.40. The minimum atomic E-state index is -0.314. The summed E-state index contributed by atoms with van der Waals surface area (Å²) in [5.41, 5.74) is 3.22. The maximum absolute atomic E-state index is 10.9. The molecule has 4 nitrogen and oxygen atoms in total. The number of hydrogen-bond acceptors (Lipinski definition) is 5. The van der Waals surface area contributed by atoms with Gasteiger partial charge in [0.15, 0.2) is 0 Å². The number of rotatable bonds is 5. The van der Waals surface area contributed by atoms with Crippen LogP contribution in [0.5, 0.6) is 11.5 Å². The summed E-state index contributed by atoms with van der Waals surface area (Å²) < 4.78 is 10.2. The Labute approximate surface area is 144 Å². The third-order valence-electron chi connectivity index (χ3n) is 3.46. The Hall–Kier alpha value is -2.66. The molecule has 1 aromatic heterocycles. The molecule has 3 aromatic rings. The maximum atomic E-state index is 10.9. The van der Waals surface area contributed by atoms with E-state index >= 15 is 0 Å². The summed E-state index contributed by atoms with van der Waals surface area (Å²) in [7, 11) is 1.66. The molecule has 0 amide bonds. The lowest BCUT2D eigenvalue weighted by atomic mass is 10.1. The van der Waals surface area contributed by atoms with Gasteiger partial charge in [0.05, 0.1) is 12.8 Å². The Morgan fingerprint density at radius 3 is 2.33 bits per heavy atom. The second-order valence-corrected chi connectivity index (χ2v) is 6.14. The molecule has 122 valence electrons. The fourth-order valence-corrected chi connectivity index (χ4v) is 3.13. The number of carbonyl (C=O) groups excluding carboxylic acids is 1. The number of thiazole rings is 1. The Morgan fingerprint density at radius 2 is 1.71 bits per heavy atom. The molecule has 24 heavy (non-hydrogen) atoms. The molecule has 0 aliphatic heterocycles. The summed E-state index contributed by atoms with van der Waals surface area (Å²) in [5, 5.41) is 3.06. The standard InChI is InChI=1S/C19H17NO3S/c1-13(21)23-18-7-3-14(4-8-18)11-16-12-24-19(20-16)15-5-9-17(22-2)10-6-15/h3-10,12H,11H2,1-2H3. The van der Waals surface area contributed by atoms with Gasteiger partial charge in [-0.2, -0.15) is 0 Å². The van der Waals surface area contributed by atoms with Crippen molar-refractivity contribution in [2.45, 2.75) is 13.3 Å². The van der Waals surface area contributed by atoms with Crippen molar-refractivity contribution in [3.63, 3.8) is 0 Å². The molecule has 3 rings (SSSR count). The van der Waals surface area contributed by atoms with Crippen LogP contribution in [0, 0.1) is 0 Å². The zero-order chi connectivity index (χ0) is 16.9. The van der Waals surface area contributed by atoms with Gasteiger partial charge in [0.1, 0.15) is 16.5 Å². The van der Waals surface area contributed by atoms with Gasteiger partial charge >= 0.3 is 5.97 Å². The molecule has 0 spiro atoms. The van der Waals surface area contributed by atoms with Crippen molar-refractivity contribution < 1.29 is 14.3 Å². The van der Waals surface area contributed by atoms with Gasteiger partial charge in [-0.3, -0.25) is 4.79 Å². The average Bonchev–Trinajstić information content (AvgIpc) is 3.05. The SMILES string of the molecule is COc1ccc(-c2nc(Cc3ccc(OC(C)=O)cc3)cs2)cc1. The number of methoxy groups -OCH3 is 1. The minimum Gasteiger partial charge on any atom is -0.497 e. The fourth-order valence-electron chi connectivity index (χ4n) is 2.30. The number of ether oxygens (including phenoxy) is 2. The van der Waals surface area contributed by atoms with Gasteiger partial charge in [0.2, 0.25) is 0 Å². The van der Waals surface area contributed by atoms with Crippen LogP contribution in [-0.4, -0.2) is 18.1 Å². The lowest BCUT2D eigenvalue weighted by Crippen LogP contribution is -2.01. The van der Waals surface area contributed by atoms with E-state index in [1.807, 2.05) is 36.4 Å². The number of nitrogens with zero attached hydrogens (tertiary/aromatic N) is 1. The summed E-state index contributed by atoms with van der Waals surface area (Å²) in [6, 6.07) is 15.4. The van der Waals surface area contributed by atoms with Crippen LogP contribution in [0.1, 0.15) is 18.2 Å². The first kappa shape index (κ1) is 16.2. The first-order valence-corrected chi connectivity index (χ1v) is 8.38. The highest BCUT2D eigenvalue weighted by molar-refractivity contribution is 7.13. The molecule has 0 unspecified atom stereocenters. The van der Waals surface area contributed by atoms with Gasteiger partial charge in [-0.15, -0.1) is 11.3 Å². The highest BCUT2D eigenvalue weighted by atomic mass is 32.1. The van der Waals surface area contributed by atoms with Crippen molar-refractivity contribution in [2.24, 2.45) is 0 Å². The first-order chi connectivity index (χ1) is 11.6. The van der Waals surface area contributed by atoms with Gasteiger partial charge < -0.3 is 9.47 Å².